The third-order valence-corrected chi connectivity index (χ3v) is 3.68. The van der Waals surface area contributed by atoms with Gasteiger partial charge in [0.1, 0.15) is 5.69 Å². The van der Waals surface area contributed by atoms with E-state index in [1.807, 2.05) is 13.0 Å². The van der Waals surface area contributed by atoms with Gasteiger partial charge in [-0.1, -0.05) is 11.6 Å². The summed E-state index contributed by atoms with van der Waals surface area (Å²) in [7, 11) is 0. The summed E-state index contributed by atoms with van der Waals surface area (Å²) in [6, 6.07) is 6.32. The van der Waals surface area contributed by atoms with Crippen LogP contribution < -0.4 is 5.73 Å². The van der Waals surface area contributed by atoms with Crippen molar-refractivity contribution >= 4 is 22.7 Å². The van der Waals surface area contributed by atoms with Gasteiger partial charge in [-0.2, -0.15) is 13.2 Å². The van der Waals surface area contributed by atoms with Gasteiger partial charge in [-0.3, -0.25) is 0 Å². The van der Waals surface area contributed by atoms with Gasteiger partial charge in [-0.25, -0.2) is 4.98 Å². The van der Waals surface area contributed by atoms with E-state index in [-0.39, 0.29) is 0 Å². The molecule has 0 amide bonds. The third-order valence-electron chi connectivity index (χ3n) is 2.59. The second-order valence-corrected chi connectivity index (χ2v) is 5.30. The smallest absolute Gasteiger partial charge is 0.330 e. The molecular formula is C13H13F3N2S. The van der Waals surface area contributed by atoms with Crippen LogP contribution in [0, 0.1) is 6.92 Å². The Balaban J connectivity index is 2.62. The summed E-state index contributed by atoms with van der Waals surface area (Å²) in [4.78, 5) is 4.26. The van der Waals surface area contributed by atoms with Crippen LogP contribution in [0.25, 0.3) is 10.9 Å². The number of hydrogen-bond donors (Lipinski definition) is 1. The average Bonchev–Trinajstić information content (AvgIpc) is 2.34. The van der Waals surface area contributed by atoms with E-state index in [0.29, 0.717) is 22.7 Å². The van der Waals surface area contributed by atoms with E-state index in [1.54, 1.807) is 12.1 Å². The molecular weight excluding hydrogens is 273 g/mol. The Bertz CT molecular complexity index is 596. The Labute approximate surface area is 113 Å². The fourth-order valence-electron chi connectivity index (χ4n) is 1.74. The molecule has 0 atom stereocenters. The van der Waals surface area contributed by atoms with Crippen LogP contribution in [0.2, 0.25) is 0 Å². The highest BCUT2D eigenvalue weighted by molar-refractivity contribution is 7.99. The predicted octanol–water partition coefficient (Wildman–Crippen LogP) is 3.61. The maximum absolute atomic E-state index is 12.8. The Morgan fingerprint density at radius 1 is 1.26 bits per heavy atom. The Morgan fingerprint density at radius 3 is 2.63 bits per heavy atom. The zero-order valence-corrected chi connectivity index (χ0v) is 11.1. The van der Waals surface area contributed by atoms with E-state index in [0.717, 1.165) is 17.0 Å². The number of fused-ring (bicyclic) bond motifs is 1. The van der Waals surface area contributed by atoms with E-state index in [2.05, 4.69) is 4.98 Å². The van der Waals surface area contributed by atoms with Crippen LogP contribution in [-0.4, -0.2) is 17.3 Å². The average molecular weight is 286 g/mol. The van der Waals surface area contributed by atoms with Gasteiger partial charge < -0.3 is 5.73 Å². The molecule has 0 aliphatic heterocycles. The Hall–Kier alpha value is -1.27. The van der Waals surface area contributed by atoms with Gasteiger partial charge in [0, 0.05) is 22.6 Å². The van der Waals surface area contributed by atoms with Crippen LogP contribution in [0.1, 0.15) is 11.3 Å². The highest BCUT2D eigenvalue weighted by Gasteiger charge is 2.33. The summed E-state index contributed by atoms with van der Waals surface area (Å²) in [6.45, 7) is 2.32. The number of alkyl halides is 3. The van der Waals surface area contributed by atoms with E-state index in [9.17, 15) is 13.2 Å². The summed E-state index contributed by atoms with van der Waals surface area (Å²) < 4.78 is 38.4. The molecule has 0 saturated heterocycles. The number of benzene rings is 1. The molecule has 102 valence electrons. The van der Waals surface area contributed by atoms with Crippen LogP contribution in [-0.2, 0) is 6.18 Å². The quantitative estimate of drug-likeness (QED) is 0.876. The third kappa shape index (κ3) is 3.19. The second kappa shape index (κ2) is 5.38. The van der Waals surface area contributed by atoms with Crippen molar-refractivity contribution in [2.24, 2.45) is 5.73 Å². The number of rotatable bonds is 3. The van der Waals surface area contributed by atoms with Crippen molar-refractivity contribution in [2.45, 2.75) is 18.0 Å². The molecule has 19 heavy (non-hydrogen) atoms. The van der Waals surface area contributed by atoms with Crippen molar-refractivity contribution in [1.29, 1.82) is 0 Å². The predicted molar refractivity (Wildman–Crippen MR) is 71.3 cm³/mol. The number of thioether (sulfide) groups is 1. The van der Waals surface area contributed by atoms with Crippen LogP contribution >= 0.6 is 11.8 Å². The van der Waals surface area contributed by atoms with Crippen LogP contribution in [0.4, 0.5) is 13.2 Å². The maximum atomic E-state index is 12.8. The summed E-state index contributed by atoms with van der Waals surface area (Å²) >= 11 is 1.32. The van der Waals surface area contributed by atoms with E-state index in [4.69, 9.17) is 5.73 Å². The largest absolute Gasteiger partial charge is 0.433 e. The first kappa shape index (κ1) is 14.1. The first-order chi connectivity index (χ1) is 8.91. The van der Waals surface area contributed by atoms with Gasteiger partial charge >= 0.3 is 6.18 Å². The molecule has 2 nitrogen and oxygen atoms in total. The number of hydrogen-bond acceptors (Lipinski definition) is 3. The lowest BCUT2D eigenvalue weighted by Gasteiger charge is -2.11. The molecule has 0 aliphatic rings. The molecule has 1 aromatic carbocycles. The summed E-state index contributed by atoms with van der Waals surface area (Å²) in [6.07, 6.45) is -4.43. The topological polar surface area (TPSA) is 38.9 Å². The van der Waals surface area contributed by atoms with Crippen molar-refractivity contribution in [3.63, 3.8) is 0 Å². The normalized spacial score (nSPS) is 12.1. The van der Waals surface area contributed by atoms with Gasteiger partial charge in [0.25, 0.3) is 0 Å². The highest BCUT2D eigenvalue weighted by Crippen LogP contribution is 2.34. The highest BCUT2D eigenvalue weighted by atomic mass is 32.2. The SMILES string of the molecule is Cc1ccc2nc(C(F)(F)F)cc(SCCN)c2c1. The molecule has 0 saturated carbocycles. The summed E-state index contributed by atoms with van der Waals surface area (Å²) in [5.74, 6) is 0.574. The molecule has 2 rings (SSSR count). The van der Waals surface area contributed by atoms with Gasteiger partial charge in [0.05, 0.1) is 5.52 Å². The fraction of sp³-hybridized carbons (Fsp3) is 0.308. The number of nitrogens with two attached hydrogens (primary N) is 1. The number of nitrogens with zero attached hydrogens (tertiary/aromatic N) is 1. The minimum Gasteiger partial charge on any atom is -0.330 e. The Kier molecular flexibility index (Phi) is 4.01. The number of aryl methyl sites for hydroxylation is 1. The fourth-order valence-corrected chi connectivity index (χ4v) is 2.59. The molecule has 0 unspecified atom stereocenters. The zero-order valence-electron chi connectivity index (χ0n) is 10.3. The van der Waals surface area contributed by atoms with Crippen LogP contribution in [0.15, 0.2) is 29.2 Å². The van der Waals surface area contributed by atoms with Crippen molar-refractivity contribution in [3.8, 4) is 0 Å². The lowest BCUT2D eigenvalue weighted by atomic mass is 10.1. The van der Waals surface area contributed by atoms with E-state index >= 15 is 0 Å². The van der Waals surface area contributed by atoms with Gasteiger partial charge in [0.15, 0.2) is 0 Å². The van der Waals surface area contributed by atoms with Crippen LogP contribution in [0.5, 0.6) is 0 Å². The number of halogens is 3. The zero-order chi connectivity index (χ0) is 14.0. The van der Waals surface area contributed by atoms with E-state index in [1.165, 1.54) is 11.8 Å². The molecule has 0 aliphatic carbocycles. The number of aromatic nitrogens is 1. The Morgan fingerprint density at radius 2 is 2.00 bits per heavy atom. The van der Waals surface area contributed by atoms with Crippen molar-refractivity contribution in [3.05, 3.63) is 35.5 Å². The first-order valence-electron chi connectivity index (χ1n) is 5.73. The van der Waals surface area contributed by atoms with Gasteiger partial charge in [0.2, 0.25) is 0 Å². The second-order valence-electron chi connectivity index (χ2n) is 4.16. The monoisotopic (exact) mass is 286 g/mol. The molecule has 6 heteroatoms. The van der Waals surface area contributed by atoms with Crippen molar-refractivity contribution in [2.75, 3.05) is 12.3 Å². The lowest BCUT2D eigenvalue weighted by molar-refractivity contribution is -0.141. The molecule has 0 fully saturated rings. The van der Waals surface area contributed by atoms with Gasteiger partial charge in [-0.15, -0.1) is 11.8 Å². The van der Waals surface area contributed by atoms with E-state index < -0.39 is 11.9 Å². The summed E-state index contributed by atoms with van der Waals surface area (Å²) in [5.41, 5.74) is 5.91. The summed E-state index contributed by atoms with van der Waals surface area (Å²) in [5, 5.41) is 0.742. The molecule has 0 radical (unpaired) electrons. The minimum atomic E-state index is -4.43. The molecule has 1 heterocycles. The molecule has 2 N–H and O–H groups in total. The molecule has 2 aromatic rings. The molecule has 0 bridgehead atoms. The maximum Gasteiger partial charge on any atom is 0.433 e. The van der Waals surface area contributed by atoms with Crippen molar-refractivity contribution < 1.29 is 13.2 Å². The van der Waals surface area contributed by atoms with Crippen LogP contribution in [0.3, 0.4) is 0 Å². The lowest BCUT2D eigenvalue weighted by Crippen LogP contribution is -2.09. The minimum absolute atomic E-state index is 0.361. The first-order valence-corrected chi connectivity index (χ1v) is 6.72. The van der Waals surface area contributed by atoms with Gasteiger partial charge in [-0.05, 0) is 25.1 Å². The standard InChI is InChI=1S/C13H13F3N2S/c1-8-2-3-10-9(6-8)11(19-5-4-17)7-12(18-10)13(14,15)16/h2-3,6-7H,4-5,17H2,1H3. The number of pyridine rings is 1. The molecule has 1 aromatic heterocycles. The molecule has 0 spiro atoms. The van der Waals surface area contributed by atoms with Crippen molar-refractivity contribution in [1.82, 2.24) is 4.98 Å².